The second-order valence-electron chi connectivity index (χ2n) is 6.34. The number of methoxy groups -OCH3 is 1. The van der Waals surface area contributed by atoms with Crippen molar-refractivity contribution in [2.24, 2.45) is 0 Å². The van der Waals surface area contributed by atoms with Crippen LogP contribution in [0.5, 0.6) is 5.75 Å². The zero-order valence-electron chi connectivity index (χ0n) is 14.1. The number of hydrogen-bond donors (Lipinski definition) is 2. The monoisotopic (exact) mass is 336 g/mol. The zero-order valence-corrected chi connectivity index (χ0v) is 14.1. The van der Waals surface area contributed by atoms with Gasteiger partial charge in [-0.15, -0.1) is 0 Å². The maximum atomic E-state index is 12.4. The second kappa shape index (κ2) is 6.22. The molecule has 0 spiro atoms. The van der Waals surface area contributed by atoms with E-state index >= 15 is 0 Å². The minimum atomic E-state index is -0.138. The summed E-state index contributed by atoms with van der Waals surface area (Å²) in [4.78, 5) is 22.1. The van der Waals surface area contributed by atoms with Gasteiger partial charge >= 0.3 is 0 Å². The molecule has 1 aliphatic heterocycles. The third-order valence-corrected chi connectivity index (χ3v) is 4.72. The van der Waals surface area contributed by atoms with E-state index in [2.05, 4.69) is 20.9 Å². The fourth-order valence-corrected chi connectivity index (χ4v) is 3.41. The summed E-state index contributed by atoms with van der Waals surface area (Å²) in [6.45, 7) is 2.31. The fraction of sp³-hybridized carbons (Fsp3) is 0.263. The number of nitrogens with two attached hydrogens (primary N) is 1. The number of nitrogen functional groups attached to an aromatic ring is 1. The molecule has 0 radical (unpaired) electrons. The van der Waals surface area contributed by atoms with Gasteiger partial charge in [0.25, 0.3) is 5.56 Å². The number of nitrogens with one attached hydrogen (secondary N) is 1. The lowest BCUT2D eigenvalue weighted by atomic mass is 9.98. The van der Waals surface area contributed by atoms with Crippen LogP contribution in [0.15, 0.2) is 41.2 Å². The lowest BCUT2D eigenvalue weighted by Gasteiger charge is -2.29. The predicted molar refractivity (Wildman–Crippen MR) is 97.6 cm³/mol. The summed E-state index contributed by atoms with van der Waals surface area (Å²) in [5.41, 5.74) is 9.95. The zero-order chi connectivity index (χ0) is 17.4. The number of aromatic amines is 1. The molecule has 128 valence electrons. The van der Waals surface area contributed by atoms with Gasteiger partial charge in [-0.05, 0) is 41.8 Å². The van der Waals surface area contributed by atoms with Crippen LogP contribution >= 0.6 is 0 Å². The van der Waals surface area contributed by atoms with Crippen LogP contribution in [0.2, 0.25) is 0 Å². The number of ether oxygens (including phenoxy) is 1. The normalized spacial score (nSPS) is 14.4. The number of fused-ring (bicyclic) bond motifs is 2. The van der Waals surface area contributed by atoms with Crippen molar-refractivity contribution in [2.75, 3.05) is 19.4 Å². The molecule has 0 unspecified atom stereocenters. The van der Waals surface area contributed by atoms with Crippen LogP contribution in [0.4, 0.5) is 5.69 Å². The summed E-state index contributed by atoms with van der Waals surface area (Å²) in [7, 11) is 1.58. The van der Waals surface area contributed by atoms with Crippen molar-refractivity contribution < 1.29 is 4.74 Å². The topological polar surface area (TPSA) is 84.2 Å². The van der Waals surface area contributed by atoms with Gasteiger partial charge in [0, 0.05) is 18.8 Å². The molecule has 0 aliphatic carbocycles. The van der Waals surface area contributed by atoms with Gasteiger partial charge in [0.15, 0.2) is 0 Å². The Labute approximate surface area is 145 Å². The highest BCUT2D eigenvalue weighted by Crippen LogP contribution is 2.24. The molecular formula is C19H20N4O2. The van der Waals surface area contributed by atoms with E-state index in [1.165, 1.54) is 11.1 Å². The summed E-state index contributed by atoms with van der Waals surface area (Å²) in [6, 6.07) is 11.4. The third kappa shape index (κ3) is 2.96. The number of nitrogens with zero attached hydrogens (tertiary/aromatic N) is 2. The maximum absolute atomic E-state index is 12.4. The Balaban J connectivity index is 1.60. The van der Waals surface area contributed by atoms with E-state index in [4.69, 9.17) is 10.5 Å². The highest BCUT2D eigenvalue weighted by Gasteiger charge is 2.19. The van der Waals surface area contributed by atoms with Crippen molar-refractivity contribution in [3.8, 4) is 5.75 Å². The lowest BCUT2D eigenvalue weighted by molar-refractivity contribution is 0.240. The summed E-state index contributed by atoms with van der Waals surface area (Å²) in [6.07, 6.45) is 0.914. The van der Waals surface area contributed by atoms with E-state index in [1.807, 2.05) is 24.3 Å². The first-order chi connectivity index (χ1) is 12.1. The van der Waals surface area contributed by atoms with Crippen LogP contribution in [0.1, 0.15) is 17.0 Å². The average molecular weight is 336 g/mol. The van der Waals surface area contributed by atoms with Crippen LogP contribution in [-0.2, 0) is 19.5 Å². The molecule has 3 aromatic rings. The van der Waals surface area contributed by atoms with Crippen LogP contribution in [0, 0.1) is 0 Å². The molecule has 0 bridgehead atoms. The molecule has 0 fully saturated rings. The molecule has 4 rings (SSSR count). The Morgan fingerprint density at radius 3 is 3.04 bits per heavy atom. The Kier molecular flexibility index (Phi) is 3.89. The largest absolute Gasteiger partial charge is 0.497 e. The molecule has 2 aromatic carbocycles. The number of H-pyrrole nitrogens is 1. The number of benzene rings is 2. The minimum Gasteiger partial charge on any atom is -0.497 e. The summed E-state index contributed by atoms with van der Waals surface area (Å²) in [5.74, 6) is 1.33. The molecule has 0 atom stereocenters. The van der Waals surface area contributed by atoms with Crippen molar-refractivity contribution in [3.05, 3.63) is 63.7 Å². The van der Waals surface area contributed by atoms with Gasteiger partial charge in [0.05, 0.1) is 24.6 Å². The molecule has 25 heavy (non-hydrogen) atoms. The van der Waals surface area contributed by atoms with Crippen molar-refractivity contribution in [1.29, 1.82) is 0 Å². The maximum Gasteiger partial charge on any atom is 0.258 e. The van der Waals surface area contributed by atoms with Crippen LogP contribution in [0.3, 0.4) is 0 Å². The quantitative estimate of drug-likeness (QED) is 0.715. The van der Waals surface area contributed by atoms with Gasteiger partial charge < -0.3 is 15.5 Å². The first kappa shape index (κ1) is 15.7. The summed E-state index contributed by atoms with van der Waals surface area (Å²) >= 11 is 0. The third-order valence-electron chi connectivity index (χ3n) is 4.72. The van der Waals surface area contributed by atoms with Gasteiger partial charge in [-0.3, -0.25) is 9.69 Å². The Hall–Kier alpha value is -2.86. The van der Waals surface area contributed by atoms with Crippen LogP contribution < -0.4 is 16.0 Å². The highest BCUT2D eigenvalue weighted by molar-refractivity contribution is 5.79. The Morgan fingerprint density at radius 2 is 2.20 bits per heavy atom. The smallest absolute Gasteiger partial charge is 0.258 e. The van der Waals surface area contributed by atoms with Gasteiger partial charge in [-0.25, -0.2) is 4.98 Å². The highest BCUT2D eigenvalue weighted by atomic mass is 16.5. The molecule has 2 heterocycles. The summed E-state index contributed by atoms with van der Waals surface area (Å²) in [5, 5.41) is 0.542. The lowest BCUT2D eigenvalue weighted by Crippen LogP contribution is -2.32. The van der Waals surface area contributed by atoms with E-state index in [0.717, 1.165) is 25.2 Å². The van der Waals surface area contributed by atoms with E-state index in [1.54, 1.807) is 13.2 Å². The van der Waals surface area contributed by atoms with Gasteiger partial charge in [-0.1, -0.05) is 12.1 Å². The molecule has 1 aliphatic rings. The fourth-order valence-electron chi connectivity index (χ4n) is 3.41. The van der Waals surface area contributed by atoms with E-state index < -0.39 is 0 Å². The van der Waals surface area contributed by atoms with Gasteiger partial charge in [0.1, 0.15) is 11.6 Å². The number of hydrogen-bond acceptors (Lipinski definition) is 5. The number of rotatable bonds is 3. The molecule has 3 N–H and O–H groups in total. The standard InChI is InChI=1S/C19H20N4O2/c1-25-13-5-6-17-15(9-13)19(24)22-18(21-17)11-23-8-7-14-12(10-23)3-2-4-16(14)20/h2-6,9H,7-8,10-11,20H2,1H3,(H,21,22,24). The number of aromatic nitrogens is 2. The number of anilines is 1. The molecular weight excluding hydrogens is 316 g/mol. The van der Waals surface area contributed by atoms with E-state index in [0.29, 0.717) is 29.0 Å². The average Bonchev–Trinajstić information content (AvgIpc) is 2.62. The van der Waals surface area contributed by atoms with Crippen molar-refractivity contribution >= 4 is 16.6 Å². The van der Waals surface area contributed by atoms with E-state index in [9.17, 15) is 4.79 Å². The molecule has 0 saturated carbocycles. The van der Waals surface area contributed by atoms with Crippen LogP contribution in [-0.4, -0.2) is 28.5 Å². The Morgan fingerprint density at radius 1 is 1.32 bits per heavy atom. The Bertz CT molecular complexity index is 996. The minimum absolute atomic E-state index is 0.138. The van der Waals surface area contributed by atoms with Crippen molar-refractivity contribution in [2.45, 2.75) is 19.5 Å². The first-order valence-corrected chi connectivity index (χ1v) is 8.29. The summed E-state index contributed by atoms with van der Waals surface area (Å²) < 4.78 is 5.17. The van der Waals surface area contributed by atoms with E-state index in [-0.39, 0.29) is 5.56 Å². The molecule has 6 heteroatoms. The van der Waals surface area contributed by atoms with Gasteiger partial charge in [0.2, 0.25) is 0 Å². The molecule has 0 amide bonds. The predicted octanol–water partition coefficient (Wildman–Crippen LogP) is 2.07. The van der Waals surface area contributed by atoms with Crippen molar-refractivity contribution in [1.82, 2.24) is 14.9 Å². The van der Waals surface area contributed by atoms with Crippen LogP contribution in [0.25, 0.3) is 10.9 Å². The van der Waals surface area contributed by atoms with Crippen molar-refractivity contribution in [3.63, 3.8) is 0 Å². The molecule has 6 nitrogen and oxygen atoms in total. The first-order valence-electron chi connectivity index (χ1n) is 8.29. The van der Waals surface area contributed by atoms with Gasteiger partial charge in [-0.2, -0.15) is 0 Å². The molecule has 1 aromatic heterocycles. The second-order valence-corrected chi connectivity index (χ2v) is 6.34. The molecule has 0 saturated heterocycles. The SMILES string of the molecule is COc1ccc2nc(CN3CCc4c(N)cccc4C3)[nH]c(=O)c2c1.